The van der Waals surface area contributed by atoms with Crippen LogP contribution >= 0.6 is 11.3 Å². The number of amides is 1. The molecule has 0 radical (unpaired) electrons. The molecule has 2 aromatic carbocycles. The Balaban J connectivity index is 1.05. The molecule has 11 heteroatoms. The van der Waals surface area contributed by atoms with Gasteiger partial charge in [-0.05, 0) is 117 Å². The van der Waals surface area contributed by atoms with Gasteiger partial charge in [0.15, 0.2) is 10.8 Å². The minimum atomic E-state index is -0.696. The standard InChI is InChI=1S/C43H50N6O4S/c1-42(2,3)53-40(51)38-31(28-22-44-49(24-28)23-27-20-29-21-34(43(29,4)5)30(27)17-19-52-6)14-15-37(46-38)48-18-16-26-10-9-11-32(33(26)25-48)39(50)47-41-45-35-12-7-8-13-36(35)54-41/h7-15,22,24,27,29-30,34H,16-21,23,25H2,1-6H3,(H,45,47,50)/t27-,29-,30-,34+/m0/s1. The summed E-state index contributed by atoms with van der Waals surface area (Å²) in [5.74, 6) is 2.59. The van der Waals surface area contributed by atoms with Gasteiger partial charge >= 0.3 is 5.97 Å². The molecule has 1 amide bonds. The molecule has 2 bridgehead atoms. The predicted octanol–water partition coefficient (Wildman–Crippen LogP) is 8.66. The normalized spacial score (nSPS) is 21.7. The Labute approximate surface area is 321 Å². The first-order valence-electron chi connectivity index (χ1n) is 19.2. The summed E-state index contributed by atoms with van der Waals surface area (Å²) in [5, 5.41) is 8.41. The number of anilines is 2. The topological polar surface area (TPSA) is 111 Å². The van der Waals surface area contributed by atoms with E-state index < -0.39 is 11.6 Å². The van der Waals surface area contributed by atoms with Crippen LogP contribution in [-0.2, 0) is 29.0 Å². The van der Waals surface area contributed by atoms with Crippen molar-refractivity contribution in [2.24, 2.45) is 29.1 Å². The van der Waals surface area contributed by atoms with Crippen LogP contribution < -0.4 is 10.2 Å². The molecule has 54 heavy (non-hydrogen) atoms. The number of pyridine rings is 1. The average molecular weight is 747 g/mol. The van der Waals surface area contributed by atoms with Crippen LogP contribution in [0, 0.1) is 29.1 Å². The highest BCUT2D eigenvalue weighted by molar-refractivity contribution is 7.22. The Morgan fingerprint density at radius 1 is 1.04 bits per heavy atom. The molecule has 3 aromatic heterocycles. The number of nitrogens with one attached hydrogen (secondary N) is 1. The highest BCUT2D eigenvalue weighted by Crippen LogP contribution is 2.64. The molecular weight excluding hydrogens is 697 g/mol. The molecule has 1 aliphatic heterocycles. The summed E-state index contributed by atoms with van der Waals surface area (Å²) in [7, 11) is 1.79. The van der Waals surface area contributed by atoms with Crippen molar-refractivity contribution in [3.05, 3.63) is 89.4 Å². The molecule has 3 fully saturated rings. The molecule has 4 atom stereocenters. The molecule has 282 valence electrons. The van der Waals surface area contributed by atoms with Crippen molar-refractivity contribution in [2.45, 2.75) is 79.0 Å². The Morgan fingerprint density at radius 2 is 1.87 bits per heavy atom. The Hall–Kier alpha value is -4.61. The van der Waals surface area contributed by atoms with Gasteiger partial charge in [0.1, 0.15) is 11.4 Å². The maximum Gasteiger partial charge on any atom is 0.358 e. The van der Waals surface area contributed by atoms with Crippen LogP contribution in [0.4, 0.5) is 10.9 Å². The Bertz CT molecular complexity index is 2170. The number of methoxy groups -OCH3 is 1. The SMILES string of the molecule is COCC[C@H]1[C@H](Cn2cc(-c3ccc(N4CCc5cccc(C(=O)Nc6nc7ccccc7s6)c5C4)nc3C(=O)OC(C)(C)C)cn2)C[C@H]2C[C@H]1C2(C)C. The van der Waals surface area contributed by atoms with Crippen LogP contribution in [0.2, 0.25) is 0 Å². The van der Waals surface area contributed by atoms with Crippen molar-refractivity contribution < 1.29 is 19.1 Å². The predicted molar refractivity (Wildman–Crippen MR) is 213 cm³/mol. The molecule has 1 N–H and O–H groups in total. The van der Waals surface area contributed by atoms with E-state index in [4.69, 9.17) is 19.6 Å². The van der Waals surface area contributed by atoms with Crippen molar-refractivity contribution in [2.75, 3.05) is 30.5 Å². The summed E-state index contributed by atoms with van der Waals surface area (Å²) in [6.07, 6.45) is 8.23. The van der Waals surface area contributed by atoms with Gasteiger partial charge in [0.05, 0.1) is 16.4 Å². The van der Waals surface area contributed by atoms with E-state index in [0.717, 1.165) is 58.8 Å². The quantitative estimate of drug-likeness (QED) is 0.141. The van der Waals surface area contributed by atoms with Gasteiger partial charge < -0.3 is 14.4 Å². The molecule has 0 unspecified atom stereocenters. The van der Waals surface area contributed by atoms with Crippen LogP contribution in [0.25, 0.3) is 21.3 Å². The van der Waals surface area contributed by atoms with E-state index >= 15 is 0 Å². The molecule has 9 rings (SSSR count). The number of esters is 1. The number of ether oxygens (including phenoxy) is 2. The fourth-order valence-corrected chi connectivity index (χ4v) is 10.1. The fraction of sp³-hybridized carbons (Fsp3) is 0.465. The highest BCUT2D eigenvalue weighted by atomic mass is 32.1. The lowest BCUT2D eigenvalue weighted by Gasteiger charge is -2.63. The summed E-state index contributed by atoms with van der Waals surface area (Å²) in [6, 6.07) is 17.7. The molecular formula is C43H50N6O4S. The molecule has 10 nitrogen and oxygen atoms in total. The second-order valence-electron chi connectivity index (χ2n) is 16.9. The number of carbonyl (C=O) groups excluding carboxylic acids is 2. The zero-order valence-electron chi connectivity index (χ0n) is 32.1. The van der Waals surface area contributed by atoms with E-state index in [2.05, 4.69) is 41.3 Å². The van der Waals surface area contributed by atoms with E-state index in [-0.39, 0.29) is 11.6 Å². The number of para-hydroxylation sites is 1. The lowest BCUT2D eigenvalue weighted by atomic mass is 9.43. The number of thiazole rings is 1. The van der Waals surface area contributed by atoms with Crippen LogP contribution in [0.3, 0.4) is 0 Å². The summed E-state index contributed by atoms with van der Waals surface area (Å²) in [6.45, 7) is 13.3. The zero-order chi connectivity index (χ0) is 37.8. The largest absolute Gasteiger partial charge is 0.455 e. The number of hydrogen-bond donors (Lipinski definition) is 1. The molecule has 3 aliphatic carbocycles. The molecule has 3 saturated carbocycles. The maximum atomic E-state index is 13.8. The first-order chi connectivity index (χ1) is 25.9. The monoisotopic (exact) mass is 746 g/mol. The Kier molecular flexibility index (Phi) is 9.58. The lowest BCUT2D eigenvalue weighted by molar-refractivity contribution is -0.143. The Morgan fingerprint density at radius 3 is 2.65 bits per heavy atom. The molecule has 4 aliphatic rings. The minimum absolute atomic E-state index is 0.193. The van der Waals surface area contributed by atoms with Crippen molar-refractivity contribution in [3.8, 4) is 11.1 Å². The molecule has 5 aromatic rings. The second-order valence-corrected chi connectivity index (χ2v) is 17.9. The average Bonchev–Trinajstić information content (AvgIpc) is 3.79. The summed E-state index contributed by atoms with van der Waals surface area (Å²) < 4.78 is 14.5. The van der Waals surface area contributed by atoms with Crippen molar-refractivity contribution in [1.82, 2.24) is 19.7 Å². The summed E-state index contributed by atoms with van der Waals surface area (Å²) in [4.78, 5) is 39.2. The first kappa shape index (κ1) is 36.4. The minimum Gasteiger partial charge on any atom is -0.455 e. The highest BCUT2D eigenvalue weighted by Gasteiger charge is 2.57. The third-order valence-corrected chi connectivity index (χ3v) is 13.1. The molecule has 4 heterocycles. The third-order valence-electron chi connectivity index (χ3n) is 12.1. The second kappa shape index (κ2) is 14.2. The van der Waals surface area contributed by atoms with Crippen LogP contribution in [0.1, 0.15) is 85.9 Å². The zero-order valence-corrected chi connectivity index (χ0v) is 32.9. The summed E-state index contributed by atoms with van der Waals surface area (Å²) in [5.41, 5.74) is 5.02. The third kappa shape index (κ3) is 7.04. The lowest BCUT2D eigenvalue weighted by Crippen LogP contribution is -2.56. The fourth-order valence-electron chi connectivity index (χ4n) is 9.21. The van der Waals surface area contributed by atoms with E-state index in [9.17, 15) is 9.59 Å². The maximum absolute atomic E-state index is 13.8. The smallest absolute Gasteiger partial charge is 0.358 e. The van der Waals surface area contributed by atoms with E-state index in [1.54, 1.807) is 7.11 Å². The van der Waals surface area contributed by atoms with Crippen molar-refractivity contribution >= 4 is 44.4 Å². The van der Waals surface area contributed by atoms with E-state index in [1.165, 1.54) is 24.2 Å². The molecule has 0 saturated heterocycles. The van der Waals surface area contributed by atoms with Crippen LogP contribution in [0.5, 0.6) is 0 Å². The van der Waals surface area contributed by atoms with Gasteiger partial charge in [-0.25, -0.2) is 14.8 Å². The number of carbonyl (C=O) groups is 2. The summed E-state index contributed by atoms with van der Waals surface area (Å²) >= 11 is 1.46. The van der Waals surface area contributed by atoms with Gasteiger partial charge in [-0.15, -0.1) is 0 Å². The van der Waals surface area contributed by atoms with Crippen molar-refractivity contribution in [1.29, 1.82) is 0 Å². The molecule has 0 spiro atoms. The van der Waals surface area contributed by atoms with Crippen LogP contribution in [-0.4, -0.2) is 57.5 Å². The van der Waals surface area contributed by atoms with Gasteiger partial charge in [-0.2, -0.15) is 5.10 Å². The van der Waals surface area contributed by atoms with Crippen LogP contribution in [0.15, 0.2) is 67.0 Å². The van der Waals surface area contributed by atoms with Gasteiger partial charge in [-0.3, -0.25) is 14.8 Å². The first-order valence-corrected chi connectivity index (χ1v) is 20.0. The number of hydrogen-bond acceptors (Lipinski definition) is 9. The van der Waals surface area contributed by atoms with Gasteiger partial charge in [0.25, 0.3) is 5.91 Å². The number of fused-ring (bicyclic) bond motifs is 4. The van der Waals surface area contributed by atoms with E-state index in [1.807, 2.05) is 80.2 Å². The number of rotatable bonds is 10. The number of aromatic nitrogens is 4. The number of benzene rings is 2. The van der Waals surface area contributed by atoms with Gasteiger partial charge in [0, 0.05) is 56.2 Å². The van der Waals surface area contributed by atoms with E-state index in [0.29, 0.717) is 58.3 Å². The number of nitrogens with zero attached hydrogens (tertiary/aromatic N) is 5. The van der Waals surface area contributed by atoms with Gasteiger partial charge in [-0.1, -0.05) is 49.4 Å². The van der Waals surface area contributed by atoms with Gasteiger partial charge in [0.2, 0.25) is 0 Å². The van der Waals surface area contributed by atoms with Crippen molar-refractivity contribution in [3.63, 3.8) is 0 Å².